The largest absolute Gasteiger partial charge is 0.573 e. The number of halogens is 3. The molecule has 0 radical (unpaired) electrons. The summed E-state index contributed by atoms with van der Waals surface area (Å²) in [6, 6.07) is 18.9. The lowest BCUT2D eigenvalue weighted by atomic mass is 9.99. The quantitative estimate of drug-likeness (QED) is 0.239. The number of aromatic carboxylic acids is 1. The van der Waals surface area contributed by atoms with E-state index in [1.807, 2.05) is 28.7 Å². The topological polar surface area (TPSA) is 105 Å². The Morgan fingerprint density at radius 3 is 2.30 bits per heavy atom. The van der Waals surface area contributed by atoms with Gasteiger partial charge in [-0.1, -0.05) is 24.3 Å². The van der Waals surface area contributed by atoms with Crippen molar-refractivity contribution in [1.82, 2.24) is 9.78 Å². The predicted octanol–water partition coefficient (Wildman–Crippen LogP) is 5.68. The maximum absolute atomic E-state index is 12.8. The van der Waals surface area contributed by atoms with E-state index in [4.69, 9.17) is 0 Å². The highest BCUT2D eigenvalue weighted by atomic mass is 32.2. The van der Waals surface area contributed by atoms with E-state index < -0.39 is 22.2 Å². The second kappa shape index (κ2) is 11.3. The number of alkyl halides is 3. The number of aromatic nitrogens is 2. The lowest BCUT2D eigenvalue weighted by molar-refractivity contribution is -0.359. The second-order valence-electron chi connectivity index (χ2n) is 10.4. The normalized spacial score (nSPS) is 13.7. The molecule has 0 bridgehead atoms. The minimum Gasteiger partial charge on any atom is -0.476 e. The fourth-order valence-electron chi connectivity index (χ4n) is 4.76. The molecule has 4 aromatic rings. The molecule has 1 aromatic heterocycles. The standard InChI is InChI=1S/C31H27F3N4O5S/c1-19-17-38(19)18-29(20-8-11-23(12-9-20)43-31(32,33)34)36(2)27-15-22(21-6-5-7-24(14-21)44(4,41)42)10-13-25(27)28-16-26(30(39)40)35-37(28)3/h5-16,18H,17H2,1-4H3/p+1. The molecular weight excluding hydrogens is 597 g/mol. The van der Waals surface area contributed by atoms with Crippen LogP contribution in [0.3, 0.4) is 0 Å². The van der Waals surface area contributed by atoms with Crippen molar-refractivity contribution >= 4 is 32.9 Å². The van der Waals surface area contributed by atoms with E-state index >= 15 is 0 Å². The Labute approximate surface area is 251 Å². The number of aryl methyl sites for hydroxylation is 1. The van der Waals surface area contributed by atoms with Crippen LogP contribution in [0.5, 0.6) is 5.75 Å². The summed E-state index contributed by atoms with van der Waals surface area (Å²) >= 11 is 0. The van der Waals surface area contributed by atoms with Gasteiger partial charge in [0.25, 0.3) is 0 Å². The van der Waals surface area contributed by atoms with Gasteiger partial charge < -0.3 is 14.7 Å². The summed E-state index contributed by atoms with van der Waals surface area (Å²) in [4.78, 5) is 13.7. The minimum atomic E-state index is -4.83. The lowest BCUT2D eigenvalue weighted by Gasteiger charge is -2.25. The number of hydrogen-bond acceptors (Lipinski definition) is 6. The van der Waals surface area contributed by atoms with Gasteiger partial charge in [-0.05, 0) is 59.7 Å². The first-order valence-electron chi connectivity index (χ1n) is 13.2. The van der Waals surface area contributed by atoms with Crippen LogP contribution in [0.25, 0.3) is 28.1 Å². The van der Waals surface area contributed by atoms with Crippen molar-refractivity contribution in [2.75, 3.05) is 24.7 Å². The van der Waals surface area contributed by atoms with Crippen LogP contribution < -0.4 is 9.64 Å². The zero-order valence-electron chi connectivity index (χ0n) is 24.1. The number of nitrogens with zero attached hydrogens (tertiary/aromatic N) is 4. The molecule has 44 heavy (non-hydrogen) atoms. The fraction of sp³-hybridized carbons (Fsp3) is 0.194. The first kappa shape index (κ1) is 30.5. The summed E-state index contributed by atoms with van der Waals surface area (Å²) in [7, 11) is -0.0626. The molecule has 2 heterocycles. The van der Waals surface area contributed by atoms with Crippen molar-refractivity contribution in [1.29, 1.82) is 0 Å². The fourth-order valence-corrected chi connectivity index (χ4v) is 5.43. The minimum absolute atomic E-state index is 0.147. The van der Waals surface area contributed by atoms with Crippen molar-refractivity contribution < 1.29 is 40.8 Å². The smallest absolute Gasteiger partial charge is 0.476 e. The average molecular weight is 626 g/mol. The highest BCUT2D eigenvalue weighted by Gasteiger charge is 2.32. The van der Waals surface area contributed by atoms with Gasteiger partial charge in [-0.3, -0.25) is 4.68 Å². The first-order chi connectivity index (χ1) is 20.6. The van der Waals surface area contributed by atoms with Gasteiger partial charge in [0, 0.05) is 38.4 Å². The third-order valence-electron chi connectivity index (χ3n) is 7.14. The second-order valence-corrected chi connectivity index (χ2v) is 12.4. The first-order valence-corrected chi connectivity index (χ1v) is 15.1. The molecule has 1 aliphatic rings. The van der Waals surface area contributed by atoms with Gasteiger partial charge in [0.1, 0.15) is 11.4 Å². The average Bonchev–Trinajstić information content (AvgIpc) is 3.51. The molecule has 0 spiro atoms. The molecule has 228 valence electrons. The summed E-state index contributed by atoms with van der Waals surface area (Å²) in [5, 5.41) is 13.7. The van der Waals surface area contributed by atoms with Crippen LogP contribution >= 0.6 is 0 Å². The lowest BCUT2D eigenvalue weighted by Crippen LogP contribution is -2.18. The number of anilines is 1. The van der Waals surface area contributed by atoms with Crippen LogP contribution in [0.15, 0.2) is 83.9 Å². The Bertz CT molecular complexity index is 1950. The number of carboxylic acid groups (broad SMARTS) is 1. The van der Waals surface area contributed by atoms with Crippen LogP contribution in [0.2, 0.25) is 0 Å². The number of rotatable bonds is 9. The molecule has 0 atom stereocenters. The monoisotopic (exact) mass is 625 g/mol. The van der Waals surface area contributed by atoms with E-state index in [1.54, 1.807) is 44.4 Å². The highest BCUT2D eigenvalue weighted by Crippen LogP contribution is 2.39. The summed E-state index contributed by atoms with van der Waals surface area (Å²) in [5.41, 5.74) is 5.22. The van der Waals surface area contributed by atoms with Gasteiger partial charge >= 0.3 is 12.3 Å². The number of carboxylic acids is 1. The van der Waals surface area contributed by atoms with E-state index in [2.05, 4.69) is 9.84 Å². The van der Waals surface area contributed by atoms with Crippen LogP contribution in [-0.2, 0) is 16.9 Å². The Balaban J connectivity index is 1.68. The highest BCUT2D eigenvalue weighted by molar-refractivity contribution is 7.90. The number of carbonyl (C=O) groups is 1. The van der Waals surface area contributed by atoms with E-state index in [1.165, 1.54) is 41.1 Å². The van der Waals surface area contributed by atoms with Gasteiger partial charge in [0.05, 0.1) is 16.3 Å². The molecule has 0 saturated heterocycles. The molecule has 0 aliphatic carbocycles. The van der Waals surface area contributed by atoms with Crippen LogP contribution in [-0.4, -0.2) is 65.8 Å². The Morgan fingerprint density at radius 1 is 1.07 bits per heavy atom. The van der Waals surface area contributed by atoms with Crippen LogP contribution in [0.1, 0.15) is 23.0 Å². The van der Waals surface area contributed by atoms with Crippen molar-refractivity contribution in [3.05, 3.63) is 90.3 Å². The molecule has 0 amide bonds. The molecule has 1 N–H and O–H groups in total. The van der Waals surface area contributed by atoms with Crippen molar-refractivity contribution in [2.24, 2.45) is 7.05 Å². The molecule has 0 unspecified atom stereocenters. The maximum atomic E-state index is 12.8. The predicted molar refractivity (Wildman–Crippen MR) is 159 cm³/mol. The van der Waals surface area contributed by atoms with Gasteiger partial charge in [0.2, 0.25) is 12.3 Å². The molecular formula is C31H28F3N4O5S+. The zero-order valence-corrected chi connectivity index (χ0v) is 24.9. The third-order valence-corrected chi connectivity index (χ3v) is 8.25. The Hall–Kier alpha value is -4.91. The van der Waals surface area contributed by atoms with Crippen molar-refractivity contribution in [2.45, 2.75) is 18.2 Å². The number of sulfone groups is 1. The summed E-state index contributed by atoms with van der Waals surface area (Å²) in [5.74, 6) is -1.55. The molecule has 0 saturated carbocycles. The summed E-state index contributed by atoms with van der Waals surface area (Å²) in [6.07, 6.45) is -1.82. The van der Waals surface area contributed by atoms with Crippen molar-refractivity contribution in [3.8, 4) is 28.1 Å². The van der Waals surface area contributed by atoms with Gasteiger partial charge in [-0.15, -0.1) is 13.2 Å². The van der Waals surface area contributed by atoms with E-state index in [0.29, 0.717) is 45.9 Å². The maximum Gasteiger partial charge on any atom is 0.573 e. The van der Waals surface area contributed by atoms with Crippen LogP contribution in [0, 0.1) is 0 Å². The van der Waals surface area contributed by atoms with Gasteiger partial charge in [-0.25, -0.2) is 13.2 Å². The molecule has 13 heteroatoms. The number of benzene rings is 3. The Kier molecular flexibility index (Phi) is 7.85. The summed E-state index contributed by atoms with van der Waals surface area (Å²) < 4.78 is 70.4. The molecule has 9 nitrogen and oxygen atoms in total. The Morgan fingerprint density at radius 2 is 1.73 bits per heavy atom. The van der Waals surface area contributed by atoms with Gasteiger partial charge in [0.15, 0.2) is 21.7 Å². The third kappa shape index (κ3) is 6.67. The van der Waals surface area contributed by atoms with Gasteiger partial charge in [-0.2, -0.15) is 9.67 Å². The zero-order chi connectivity index (χ0) is 32.0. The van der Waals surface area contributed by atoms with E-state index in [-0.39, 0.29) is 16.3 Å². The number of hydrogen-bond donors (Lipinski definition) is 1. The molecule has 5 rings (SSSR count). The summed E-state index contributed by atoms with van der Waals surface area (Å²) in [6.45, 7) is 2.67. The molecule has 3 aromatic carbocycles. The van der Waals surface area contributed by atoms with E-state index in [9.17, 15) is 31.5 Å². The van der Waals surface area contributed by atoms with Crippen LogP contribution in [0.4, 0.5) is 18.9 Å². The van der Waals surface area contributed by atoms with E-state index in [0.717, 1.165) is 12.0 Å². The number of ether oxygens (including phenoxy) is 1. The van der Waals surface area contributed by atoms with Crippen molar-refractivity contribution in [3.63, 3.8) is 0 Å². The molecule has 1 aliphatic heterocycles. The SMILES string of the molecule is CC1=[N+](C=C(c2ccc(OC(F)(F)F)cc2)N(C)c2cc(-c3cccc(S(C)(=O)=O)c3)ccc2-c2cc(C(=O)O)nn2C)C1. The molecule has 0 fully saturated rings.